The number of halogens is 3. The SMILES string of the molecule is CN(CCCC(=O)O)S(=O)(=O)CCCC(F)(F)F. The maximum Gasteiger partial charge on any atom is 0.389 e. The Morgan fingerprint density at radius 1 is 1.28 bits per heavy atom. The topological polar surface area (TPSA) is 74.7 Å². The van der Waals surface area contributed by atoms with E-state index in [2.05, 4.69) is 0 Å². The Morgan fingerprint density at radius 3 is 2.28 bits per heavy atom. The van der Waals surface area contributed by atoms with Gasteiger partial charge >= 0.3 is 12.1 Å². The Bertz CT molecular complexity index is 366. The lowest BCUT2D eigenvalue weighted by Gasteiger charge is -2.16. The molecule has 0 rings (SSSR count). The molecule has 9 heteroatoms. The molecule has 0 aromatic heterocycles. The summed E-state index contributed by atoms with van der Waals surface area (Å²) in [6, 6.07) is 0. The number of hydrogen-bond acceptors (Lipinski definition) is 3. The molecule has 0 unspecified atom stereocenters. The second kappa shape index (κ2) is 6.93. The Morgan fingerprint density at radius 2 is 1.83 bits per heavy atom. The summed E-state index contributed by atoms with van der Waals surface area (Å²) in [5.41, 5.74) is 0. The van der Waals surface area contributed by atoms with Gasteiger partial charge in [0, 0.05) is 26.4 Å². The lowest BCUT2D eigenvalue weighted by Crippen LogP contribution is -2.31. The Balaban J connectivity index is 4.08. The zero-order valence-electron chi connectivity index (χ0n) is 9.90. The van der Waals surface area contributed by atoms with Gasteiger partial charge in [-0.05, 0) is 12.8 Å². The van der Waals surface area contributed by atoms with Crippen LogP contribution in [0.2, 0.25) is 0 Å². The van der Waals surface area contributed by atoms with E-state index in [9.17, 15) is 26.4 Å². The van der Waals surface area contributed by atoms with Gasteiger partial charge in [0.2, 0.25) is 10.0 Å². The van der Waals surface area contributed by atoms with Crippen molar-refractivity contribution >= 4 is 16.0 Å². The Labute approximate surface area is 104 Å². The van der Waals surface area contributed by atoms with Crippen molar-refractivity contribution in [1.29, 1.82) is 0 Å². The van der Waals surface area contributed by atoms with E-state index in [1.807, 2.05) is 0 Å². The van der Waals surface area contributed by atoms with Gasteiger partial charge < -0.3 is 5.11 Å². The third-order valence-corrected chi connectivity index (χ3v) is 4.14. The Hall–Kier alpha value is -0.830. The van der Waals surface area contributed by atoms with Crippen LogP contribution in [-0.2, 0) is 14.8 Å². The molecule has 0 bridgehead atoms. The first-order valence-electron chi connectivity index (χ1n) is 5.27. The van der Waals surface area contributed by atoms with Gasteiger partial charge in [-0.2, -0.15) is 13.2 Å². The molecule has 0 fully saturated rings. The highest BCUT2D eigenvalue weighted by Gasteiger charge is 2.28. The van der Waals surface area contributed by atoms with Crippen molar-refractivity contribution < 1.29 is 31.5 Å². The van der Waals surface area contributed by atoms with Crippen LogP contribution in [0.1, 0.15) is 25.7 Å². The minimum absolute atomic E-state index is 0.0132. The first-order chi connectivity index (χ1) is 8.04. The molecule has 0 radical (unpaired) electrons. The smallest absolute Gasteiger partial charge is 0.389 e. The molecule has 0 atom stereocenters. The highest BCUT2D eigenvalue weighted by molar-refractivity contribution is 7.89. The fourth-order valence-corrected chi connectivity index (χ4v) is 2.43. The molecule has 0 amide bonds. The summed E-state index contributed by atoms with van der Waals surface area (Å²) in [6.45, 7) is -0.0132. The molecule has 5 nitrogen and oxygen atoms in total. The number of hydrogen-bond donors (Lipinski definition) is 1. The van der Waals surface area contributed by atoms with Gasteiger partial charge in [0.1, 0.15) is 0 Å². The number of sulfonamides is 1. The number of nitrogens with zero attached hydrogens (tertiary/aromatic N) is 1. The van der Waals surface area contributed by atoms with E-state index in [-0.39, 0.29) is 19.4 Å². The van der Waals surface area contributed by atoms with Crippen molar-refractivity contribution in [2.75, 3.05) is 19.3 Å². The van der Waals surface area contributed by atoms with E-state index in [0.29, 0.717) is 0 Å². The molecule has 0 aliphatic rings. The first-order valence-corrected chi connectivity index (χ1v) is 6.88. The van der Waals surface area contributed by atoms with Gasteiger partial charge in [0.05, 0.1) is 5.75 Å². The zero-order valence-corrected chi connectivity index (χ0v) is 10.7. The van der Waals surface area contributed by atoms with Crippen LogP contribution in [0.4, 0.5) is 13.2 Å². The molecule has 0 spiro atoms. The number of carboxylic acids is 1. The van der Waals surface area contributed by atoms with Gasteiger partial charge in [-0.3, -0.25) is 4.79 Å². The molecule has 1 N–H and O–H groups in total. The normalized spacial score (nSPS) is 12.9. The number of carbonyl (C=O) groups is 1. The van der Waals surface area contributed by atoms with Crippen LogP contribution < -0.4 is 0 Å². The number of carboxylic acid groups (broad SMARTS) is 1. The third kappa shape index (κ3) is 8.29. The summed E-state index contributed by atoms with van der Waals surface area (Å²) in [6.07, 6.45) is -6.05. The molecule has 0 saturated carbocycles. The van der Waals surface area contributed by atoms with Gasteiger partial charge in [-0.1, -0.05) is 0 Å². The maximum absolute atomic E-state index is 11.8. The van der Waals surface area contributed by atoms with Crippen LogP contribution in [0.5, 0.6) is 0 Å². The predicted molar refractivity (Wildman–Crippen MR) is 58.6 cm³/mol. The number of alkyl halides is 3. The van der Waals surface area contributed by atoms with E-state index >= 15 is 0 Å². The average Bonchev–Trinajstić information content (AvgIpc) is 2.14. The van der Waals surface area contributed by atoms with Crippen LogP contribution in [0, 0.1) is 0 Å². The zero-order chi connectivity index (χ0) is 14.4. The summed E-state index contributed by atoms with van der Waals surface area (Å²) in [5.74, 6) is -1.63. The standard InChI is InChI=1S/C9H16F3NO4S/c1-13(6-2-4-8(14)15)18(16,17)7-3-5-9(10,11)12/h2-7H2,1H3,(H,14,15). The van der Waals surface area contributed by atoms with Crippen molar-refractivity contribution in [2.45, 2.75) is 31.9 Å². The van der Waals surface area contributed by atoms with Crippen LogP contribution in [-0.4, -0.2) is 49.3 Å². The molecule has 0 aliphatic heterocycles. The summed E-state index contributed by atoms with van der Waals surface area (Å²) in [7, 11) is -2.51. The predicted octanol–water partition coefficient (Wildman–Crippen LogP) is 1.46. The van der Waals surface area contributed by atoms with Gasteiger partial charge in [0.25, 0.3) is 0 Å². The molecule has 0 aromatic rings. The summed E-state index contributed by atoms with van der Waals surface area (Å²) in [4.78, 5) is 10.2. The second-order valence-electron chi connectivity index (χ2n) is 3.85. The van der Waals surface area contributed by atoms with E-state index in [1.54, 1.807) is 0 Å². The fourth-order valence-electron chi connectivity index (χ4n) is 1.20. The molecule has 18 heavy (non-hydrogen) atoms. The van der Waals surface area contributed by atoms with Gasteiger partial charge in [-0.25, -0.2) is 12.7 Å². The lowest BCUT2D eigenvalue weighted by molar-refractivity contribution is -0.137. The summed E-state index contributed by atoms with van der Waals surface area (Å²) >= 11 is 0. The molecule has 0 saturated heterocycles. The monoisotopic (exact) mass is 291 g/mol. The van der Waals surface area contributed by atoms with Crippen LogP contribution >= 0.6 is 0 Å². The maximum atomic E-state index is 11.8. The van der Waals surface area contributed by atoms with Gasteiger partial charge in [-0.15, -0.1) is 0 Å². The quantitative estimate of drug-likeness (QED) is 0.734. The second-order valence-corrected chi connectivity index (χ2v) is 6.05. The summed E-state index contributed by atoms with van der Waals surface area (Å²) in [5, 5.41) is 8.37. The molecule has 0 aliphatic carbocycles. The van der Waals surface area contributed by atoms with Crippen molar-refractivity contribution in [1.82, 2.24) is 4.31 Å². The molecular formula is C9H16F3NO4S. The summed E-state index contributed by atoms with van der Waals surface area (Å²) < 4.78 is 59.5. The lowest BCUT2D eigenvalue weighted by atomic mass is 10.3. The fraction of sp³-hybridized carbons (Fsp3) is 0.889. The van der Waals surface area contributed by atoms with Crippen LogP contribution in [0.15, 0.2) is 0 Å². The van der Waals surface area contributed by atoms with Crippen molar-refractivity contribution in [2.24, 2.45) is 0 Å². The third-order valence-electron chi connectivity index (χ3n) is 2.20. The minimum atomic E-state index is -4.36. The molecule has 0 aromatic carbocycles. The highest BCUT2D eigenvalue weighted by atomic mass is 32.2. The largest absolute Gasteiger partial charge is 0.481 e. The Kier molecular flexibility index (Phi) is 6.61. The van der Waals surface area contributed by atoms with Crippen molar-refractivity contribution in [3.63, 3.8) is 0 Å². The van der Waals surface area contributed by atoms with Crippen molar-refractivity contribution in [3.05, 3.63) is 0 Å². The van der Waals surface area contributed by atoms with Crippen LogP contribution in [0.25, 0.3) is 0 Å². The number of aliphatic carboxylic acids is 1. The first kappa shape index (κ1) is 17.2. The van der Waals surface area contributed by atoms with E-state index < -0.39 is 40.8 Å². The van der Waals surface area contributed by atoms with Crippen molar-refractivity contribution in [3.8, 4) is 0 Å². The van der Waals surface area contributed by atoms with E-state index in [1.165, 1.54) is 7.05 Å². The minimum Gasteiger partial charge on any atom is -0.481 e. The molecule has 0 heterocycles. The van der Waals surface area contributed by atoms with Gasteiger partial charge in [0.15, 0.2) is 0 Å². The molecular weight excluding hydrogens is 275 g/mol. The number of rotatable bonds is 8. The molecule has 108 valence electrons. The average molecular weight is 291 g/mol. The van der Waals surface area contributed by atoms with E-state index in [0.717, 1.165) is 4.31 Å². The van der Waals surface area contributed by atoms with E-state index in [4.69, 9.17) is 5.11 Å². The highest BCUT2D eigenvalue weighted by Crippen LogP contribution is 2.21. The van der Waals surface area contributed by atoms with Crippen LogP contribution in [0.3, 0.4) is 0 Å².